The predicted molar refractivity (Wildman–Crippen MR) is 151 cm³/mol. The fraction of sp³-hybridized carbons (Fsp3) is 0.393. The standard InChI is InChI=1S/C28H34N4O3S2/c1-18(2)19-8-12-21(13-9-19)35-16-26-30-25(17-37-26)27(33)31-23-6-4-5-7-24(23)32-28(34)29-20-10-14-22(36-3)15-11-20/h8-15,17-18,23-24H,4-7,16H2,1-3H3,(H,31,33)(H2,29,32,34). The van der Waals surface area contributed by atoms with Gasteiger partial charge in [-0.25, -0.2) is 9.78 Å². The first-order valence-electron chi connectivity index (χ1n) is 12.6. The first-order valence-corrected chi connectivity index (χ1v) is 14.7. The van der Waals surface area contributed by atoms with Crippen molar-refractivity contribution in [1.82, 2.24) is 15.6 Å². The summed E-state index contributed by atoms with van der Waals surface area (Å²) in [6.07, 6.45) is 5.66. The molecule has 0 bridgehead atoms. The van der Waals surface area contributed by atoms with E-state index in [9.17, 15) is 9.59 Å². The third-order valence-corrected chi connectivity index (χ3v) is 8.01. The molecule has 3 N–H and O–H groups in total. The fourth-order valence-corrected chi connectivity index (χ4v) is 5.40. The van der Waals surface area contributed by atoms with Gasteiger partial charge in [-0.2, -0.15) is 0 Å². The highest BCUT2D eigenvalue weighted by Gasteiger charge is 2.28. The lowest BCUT2D eigenvalue weighted by molar-refractivity contribution is 0.0911. The summed E-state index contributed by atoms with van der Waals surface area (Å²) in [5.74, 6) is 1.02. The van der Waals surface area contributed by atoms with Gasteiger partial charge in [0.1, 0.15) is 23.1 Å². The second-order valence-electron chi connectivity index (χ2n) is 9.44. The number of aromatic nitrogens is 1. The molecule has 196 valence electrons. The molecule has 1 heterocycles. The molecule has 1 aromatic heterocycles. The van der Waals surface area contributed by atoms with Crippen LogP contribution in [0, 0.1) is 0 Å². The largest absolute Gasteiger partial charge is 0.486 e. The van der Waals surface area contributed by atoms with Crippen LogP contribution in [0.2, 0.25) is 0 Å². The van der Waals surface area contributed by atoms with Gasteiger partial charge >= 0.3 is 6.03 Å². The minimum absolute atomic E-state index is 0.140. The van der Waals surface area contributed by atoms with Crippen LogP contribution in [0.3, 0.4) is 0 Å². The molecular formula is C28H34N4O3S2. The summed E-state index contributed by atoms with van der Waals surface area (Å²) in [5.41, 5.74) is 2.37. The number of anilines is 1. The zero-order valence-electron chi connectivity index (χ0n) is 21.5. The van der Waals surface area contributed by atoms with E-state index in [0.717, 1.165) is 47.0 Å². The van der Waals surface area contributed by atoms with Crippen LogP contribution in [0.5, 0.6) is 5.75 Å². The lowest BCUT2D eigenvalue weighted by Crippen LogP contribution is -2.54. The Labute approximate surface area is 226 Å². The van der Waals surface area contributed by atoms with E-state index >= 15 is 0 Å². The van der Waals surface area contributed by atoms with Gasteiger partial charge in [0.05, 0.1) is 6.04 Å². The molecule has 0 aliphatic heterocycles. The van der Waals surface area contributed by atoms with Gasteiger partial charge in [0.25, 0.3) is 5.91 Å². The summed E-state index contributed by atoms with van der Waals surface area (Å²) in [5, 5.41) is 11.5. The second-order valence-corrected chi connectivity index (χ2v) is 11.3. The van der Waals surface area contributed by atoms with Crippen LogP contribution in [-0.4, -0.2) is 35.3 Å². The van der Waals surface area contributed by atoms with Gasteiger partial charge < -0.3 is 20.7 Å². The zero-order chi connectivity index (χ0) is 26.2. The van der Waals surface area contributed by atoms with Gasteiger partial charge in [0.2, 0.25) is 0 Å². The Morgan fingerprint density at radius 1 is 1.03 bits per heavy atom. The quantitative estimate of drug-likeness (QED) is 0.273. The number of nitrogens with one attached hydrogen (secondary N) is 3. The Kier molecular flexibility index (Phi) is 9.46. The zero-order valence-corrected chi connectivity index (χ0v) is 23.1. The van der Waals surface area contributed by atoms with Crippen LogP contribution in [0.15, 0.2) is 58.8 Å². The molecule has 2 atom stereocenters. The van der Waals surface area contributed by atoms with Crippen molar-refractivity contribution < 1.29 is 14.3 Å². The lowest BCUT2D eigenvalue weighted by atomic mass is 9.90. The Morgan fingerprint density at radius 2 is 1.70 bits per heavy atom. The van der Waals surface area contributed by atoms with Crippen molar-refractivity contribution in [1.29, 1.82) is 0 Å². The summed E-state index contributed by atoms with van der Waals surface area (Å²) < 4.78 is 5.85. The van der Waals surface area contributed by atoms with E-state index in [1.165, 1.54) is 16.9 Å². The molecule has 2 aromatic carbocycles. The van der Waals surface area contributed by atoms with E-state index in [-0.39, 0.29) is 24.0 Å². The van der Waals surface area contributed by atoms with Crippen LogP contribution >= 0.6 is 23.1 Å². The average Bonchev–Trinajstić information content (AvgIpc) is 3.38. The molecule has 3 aromatic rings. The van der Waals surface area contributed by atoms with Gasteiger partial charge in [-0.1, -0.05) is 38.8 Å². The Bertz CT molecular complexity index is 1180. The Hall–Kier alpha value is -3.04. The number of nitrogens with zero attached hydrogens (tertiary/aromatic N) is 1. The molecule has 7 nitrogen and oxygen atoms in total. The highest BCUT2D eigenvalue weighted by molar-refractivity contribution is 7.98. The van der Waals surface area contributed by atoms with Gasteiger partial charge in [-0.3, -0.25) is 4.79 Å². The maximum Gasteiger partial charge on any atom is 0.319 e. The maximum atomic E-state index is 12.9. The van der Waals surface area contributed by atoms with Crippen molar-refractivity contribution in [2.24, 2.45) is 0 Å². The monoisotopic (exact) mass is 538 g/mol. The molecule has 1 aliphatic rings. The number of rotatable bonds is 9. The number of ether oxygens (including phenoxy) is 1. The molecule has 3 amide bonds. The summed E-state index contributed by atoms with van der Waals surface area (Å²) >= 11 is 3.06. The average molecular weight is 539 g/mol. The van der Waals surface area contributed by atoms with Gasteiger partial charge in [-0.05, 0) is 67.0 Å². The van der Waals surface area contributed by atoms with Crippen molar-refractivity contribution in [3.05, 3.63) is 70.2 Å². The Morgan fingerprint density at radius 3 is 2.35 bits per heavy atom. The van der Waals surface area contributed by atoms with Crippen LogP contribution in [-0.2, 0) is 6.61 Å². The summed E-state index contributed by atoms with van der Waals surface area (Å²) in [6, 6.07) is 15.2. The molecule has 1 saturated carbocycles. The van der Waals surface area contributed by atoms with Crippen LogP contribution < -0.4 is 20.7 Å². The Balaban J connectivity index is 1.29. The van der Waals surface area contributed by atoms with Crippen LogP contribution in [0.1, 0.15) is 66.5 Å². The summed E-state index contributed by atoms with van der Waals surface area (Å²) in [7, 11) is 0. The topological polar surface area (TPSA) is 92.4 Å². The number of amides is 3. The number of benzene rings is 2. The maximum absolute atomic E-state index is 12.9. The van der Waals surface area contributed by atoms with E-state index in [0.29, 0.717) is 18.2 Å². The second kappa shape index (κ2) is 13.0. The van der Waals surface area contributed by atoms with Crippen LogP contribution in [0.25, 0.3) is 0 Å². The van der Waals surface area contributed by atoms with Crippen molar-refractivity contribution in [3.63, 3.8) is 0 Å². The molecule has 37 heavy (non-hydrogen) atoms. The van der Waals surface area contributed by atoms with E-state index in [2.05, 4.69) is 46.9 Å². The highest BCUT2D eigenvalue weighted by atomic mass is 32.2. The highest BCUT2D eigenvalue weighted by Crippen LogP contribution is 2.22. The lowest BCUT2D eigenvalue weighted by Gasteiger charge is -2.32. The number of thiazole rings is 1. The fourth-order valence-electron chi connectivity index (χ4n) is 4.30. The predicted octanol–water partition coefficient (Wildman–Crippen LogP) is 6.43. The third-order valence-electron chi connectivity index (χ3n) is 6.44. The molecule has 0 saturated heterocycles. The first kappa shape index (κ1) is 27.0. The van der Waals surface area contributed by atoms with Crippen molar-refractivity contribution >= 4 is 40.7 Å². The molecule has 0 radical (unpaired) electrons. The first-order chi connectivity index (χ1) is 17.9. The summed E-state index contributed by atoms with van der Waals surface area (Å²) in [4.78, 5) is 31.2. The number of carbonyl (C=O) groups excluding carboxylic acids is 2. The SMILES string of the molecule is CSc1ccc(NC(=O)NC2CCCCC2NC(=O)c2csc(COc3ccc(C(C)C)cc3)n2)cc1. The van der Waals surface area contributed by atoms with Crippen molar-refractivity contribution in [2.45, 2.75) is 69.0 Å². The number of thioether (sulfide) groups is 1. The van der Waals surface area contributed by atoms with Crippen molar-refractivity contribution in [3.8, 4) is 5.75 Å². The third kappa shape index (κ3) is 7.72. The molecular weight excluding hydrogens is 504 g/mol. The van der Waals surface area contributed by atoms with Gasteiger partial charge in [-0.15, -0.1) is 23.1 Å². The van der Waals surface area contributed by atoms with Gasteiger partial charge in [0.15, 0.2) is 0 Å². The van der Waals surface area contributed by atoms with E-state index in [1.807, 2.05) is 42.7 Å². The minimum Gasteiger partial charge on any atom is -0.486 e. The molecule has 4 rings (SSSR count). The van der Waals surface area contributed by atoms with E-state index in [4.69, 9.17) is 4.74 Å². The minimum atomic E-state index is -0.266. The number of hydrogen-bond acceptors (Lipinski definition) is 6. The normalized spacial score (nSPS) is 17.3. The molecule has 2 unspecified atom stereocenters. The van der Waals surface area contributed by atoms with E-state index in [1.54, 1.807) is 17.1 Å². The number of hydrogen-bond donors (Lipinski definition) is 3. The molecule has 1 aliphatic carbocycles. The number of carbonyl (C=O) groups is 2. The smallest absolute Gasteiger partial charge is 0.319 e. The van der Waals surface area contributed by atoms with Crippen LogP contribution in [0.4, 0.5) is 10.5 Å². The van der Waals surface area contributed by atoms with E-state index < -0.39 is 0 Å². The van der Waals surface area contributed by atoms with Crippen molar-refractivity contribution in [2.75, 3.05) is 11.6 Å². The number of urea groups is 1. The molecule has 0 spiro atoms. The molecule has 9 heteroatoms. The molecule has 1 fully saturated rings. The van der Waals surface area contributed by atoms with Gasteiger partial charge in [0, 0.05) is 22.0 Å². The summed E-state index contributed by atoms with van der Waals surface area (Å²) in [6.45, 7) is 4.62.